The number of rotatable bonds is 3. The summed E-state index contributed by atoms with van der Waals surface area (Å²) in [6.07, 6.45) is 3.67. The Hall–Kier alpha value is -0.240. The summed E-state index contributed by atoms with van der Waals surface area (Å²) >= 11 is 6.09. The molecule has 3 rings (SSSR count). The van der Waals surface area contributed by atoms with E-state index in [0.717, 1.165) is 25.7 Å². The minimum absolute atomic E-state index is 0.00674. The highest BCUT2D eigenvalue weighted by atomic mass is 35.5. The molecule has 3 heteroatoms. The summed E-state index contributed by atoms with van der Waals surface area (Å²) in [6.45, 7) is 4.12. The zero-order chi connectivity index (χ0) is 9.69. The maximum Gasteiger partial charge on any atom is 0.226 e. The van der Waals surface area contributed by atoms with E-state index in [-0.39, 0.29) is 16.2 Å². The summed E-state index contributed by atoms with van der Waals surface area (Å²) in [5.41, 5.74) is -0.0643. The summed E-state index contributed by atoms with van der Waals surface area (Å²) in [7, 11) is 0. The Morgan fingerprint density at radius 1 is 1.54 bits per heavy atom. The van der Waals surface area contributed by atoms with Gasteiger partial charge in [0.2, 0.25) is 5.91 Å². The van der Waals surface area contributed by atoms with Crippen LogP contribution in [0, 0.1) is 5.41 Å². The lowest BCUT2D eigenvalue weighted by atomic mass is 9.43. The molecule has 2 nitrogen and oxygen atoms in total. The molecule has 74 valence electrons. The van der Waals surface area contributed by atoms with Crippen LogP contribution in [0.4, 0.5) is 0 Å². The molecule has 0 aromatic heterocycles. The van der Waals surface area contributed by atoms with Gasteiger partial charge in [0.25, 0.3) is 0 Å². The van der Waals surface area contributed by atoms with Gasteiger partial charge in [-0.25, -0.2) is 0 Å². The van der Waals surface area contributed by atoms with Gasteiger partial charge in [-0.15, -0.1) is 11.6 Å². The Balaban J connectivity index is 1.86. The Morgan fingerprint density at radius 3 is 2.46 bits per heavy atom. The highest BCUT2D eigenvalue weighted by Crippen LogP contribution is 2.70. The van der Waals surface area contributed by atoms with Gasteiger partial charge >= 0.3 is 0 Å². The van der Waals surface area contributed by atoms with Crippen molar-refractivity contribution in [3.63, 3.8) is 0 Å². The monoisotopic (exact) mass is 201 g/mol. The van der Waals surface area contributed by atoms with Gasteiger partial charge in [-0.1, -0.05) is 6.92 Å². The van der Waals surface area contributed by atoms with Crippen LogP contribution in [-0.4, -0.2) is 16.8 Å². The second-order valence-electron chi connectivity index (χ2n) is 4.74. The number of carbonyl (C=O) groups is 1. The lowest BCUT2D eigenvalue weighted by Crippen LogP contribution is -2.69. The van der Waals surface area contributed by atoms with Gasteiger partial charge in [-0.05, 0) is 32.6 Å². The van der Waals surface area contributed by atoms with E-state index in [1.807, 2.05) is 6.92 Å². The fourth-order valence-corrected chi connectivity index (χ4v) is 3.15. The molecule has 2 bridgehead atoms. The molecule has 13 heavy (non-hydrogen) atoms. The van der Waals surface area contributed by atoms with E-state index in [0.29, 0.717) is 6.04 Å². The zero-order valence-corrected chi connectivity index (χ0v) is 8.95. The van der Waals surface area contributed by atoms with Crippen LogP contribution in [0.2, 0.25) is 0 Å². The summed E-state index contributed by atoms with van der Waals surface area (Å²) < 4.78 is 0. The van der Waals surface area contributed by atoms with E-state index in [9.17, 15) is 4.79 Å². The van der Waals surface area contributed by atoms with E-state index in [4.69, 9.17) is 11.6 Å². The zero-order valence-electron chi connectivity index (χ0n) is 8.19. The SMILES string of the molecule is CC[C@@H](C)NC(=O)C12CC(Cl)(C1)C2. The van der Waals surface area contributed by atoms with E-state index in [2.05, 4.69) is 12.2 Å². The molecule has 0 radical (unpaired) electrons. The fourth-order valence-electron chi connectivity index (χ4n) is 2.38. The summed E-state index contributed by atoms with van der Waals surface area (Å²) in [6, 6.07) is 0.299. The maximum atomic E-state index is 11.7. The first-order valence-electron chi connectivity index (χ1n) is 5.00. The van der Waals surface area contributed by atoms with Gasteiger partial charge in [-0.3, -0.25) is 4.79 Å². The van der Waals surface area contributed by atoms with Crippen molar-refractivity contribution in [3.8, 4) is 0 Å². The Labute approximate surface area is 84.0 Å². The quantitative estimate of drug-likeness (QED) is 0.696. The van der Waals surface area contributed by atoms with Crippen LogP contribution in [0.3, 0.4) is 0 Å². The highest BCUT2D eigenvalue weighted by Gasteiger charge is 2.70. The predicted octanol–water partition coefficient (Wildman–Crippen LogP) is 2.06. The van der Waals surface area contributed by atoms with Crippen LogP contribution in [0.25, 0.3) is 0 Å². The molecule has 0 unspecified atom stereocenters. The molecule has 0 heterocycles. The molecule has 1 atom stereocenters. The van der Waals surface area contributed by atoms with E-state index in [1.165, 1.54) is 0 Å². The van der Waals surface area contributed by atoms with Crippen molar-refractivity contribution >= 4 is 17.5 Å². The second kappa shape index (κ2) is 2.63. The van der Waals surface area contributed by atoms with Gasteiger partial charge in [0.1, 0.15) is 0 Å². The molecule has 3 saturated carbocycles. The molecule has 3 fully saturated rings. The standard InChI is InChI=1S/C10H16ClNO/c1-3-7(2)12-8(13)9-4-10(11,5-9)6-9/h7H,3-6H2,1-2H3,(H,12,13)/t7-,9?,10?/m1/s1. The maximum absolute atomic E-state index is 11.7. The number of hydrogen-bond donors (Lipinski definition) is 1. The number of amides is 1. The lowest BCUT2D eigenvalue weighted by Gasteiger charge is -2.66. The van der Waals surface area contributed by atoms with Crippen molar-refractivity contribution in [2.24, 2.45) is 5.41 Å². The van der Waals surface area contributed by atoms with Crippen LogP contribution in [0.15, 0.2) is 0 Å². The van der Waals surface area contributed by atoms with Crippen molar-refractivity contribution in [1.82, 2.24) is 5.32 Å². The van der Waals surface area contributed by atoms with Gasteiger partial charge < -0.3 is 5.32 Å². The molecule has 1 amide bonds. The third-order valence-corrected chi connectivity index (χ3v) is 3.84. The summed E-state index contributed by atoms with van der Waals surface area (Å²) in [5.74, 6) is 0.226. The number of nitrogens with one attached hydrogen (secondary N) is 1. The molecule has 3 aliphatic rings. The normalized spacial score (nSPS) is 43.0. The largest absolute Gasteiger partial charge is 0.353 e. The third kappa shape index (κ3) is 1.26. The second-order valence-corrected chi connectivity index (χ2v) is 5.55. The molecular weight excluding hydrogens is 186 g/mol. The smallest absolute Gasteiger partial charge is 0.226 e. The van der Waals surface area contributed by atoms with Crippen LogP contribution in [0.5, 0.6) is 0 Å². The van der Waals surface area contributed by atoms with Crippen LogP contribution >= 0.6 is 11.6 Å². The van der Waals surface area contributed by atoms with Crippen molar-refractivity contribution in [2.75, 3.05) is 0 Å². The van der Waals surface area contributed by atoms with E-state index < -0.39 is 0 Å². The first-order chi connectivity index (χ1) is 6.00. The van der Waals surface area contributed by atoms with Crippen molar-refractivity contribution < 1.29 is 4.79 Å². The van der Waals surface area contributed by atoms with Crippen molar-refractivity contribution in [2.45, 2.75) is 50.4 Å². The first kappa shape index (κ1) is 9.32. The van der Waals surface area contributed by atoms with E-state index in [1.54, 1.807) is 0 Å². The topological polar surface area (TPSA) is 29.1 Å². The van der Waals surface area contributed by atoms with E-state index >= 15 is 0 Å². The molecule has 3 aliphatic carbocycles. The first-order valence-corrected chi connectivity index (χ1v) is 5.37. The summed E-state index contributed by atoms with van der Waals surface area (Å²) in [5, 5.41) is 3.03. The lowest BCUT2D eigenvalue weighted by molar-refractivity contribution is -0.159. The predicted molar refractivity (Wildman–Crippen MR) is 52.8 cm³/mol. The van der Waals surface area contributed by atoms with Crippen LogP contribution in [-0.2, 0) is 4.79 Å². The Bertz CT molecular complexity index is 232. The van der Waals surface area contributed by atoms with Crippen molar-refractivity contribution in [1.29, 1.82) is 0 Å². The average molecular weight is 202 g/mol. The average Bonchev–Trinajstić information content (AvgIpc) is 1.96. The Morgan fingerprint density at radius 2 is 2.08 bits per heavy atom. The van der Waals surface area contributed by atoms with Crippen LogP contribution in [0.1, 0.15) is 39.5 Å². The minimum Gasteiger partial charge on any atom is -0.353 e. The number of hydrogen-bond acceptors (Lipinski definition) is 1. The van der Waals surface area contributed by atoms with Gasteiger partial charge in [0.05, 0.1) is 5.41 Å². The molecule has 0 aromatic rings. The molecule has 0 aliphatic heterocycles. The minimum atomic E-state index is -0.0643. The summed E-state index contributed by atoms with van der Waals surface area (Å²) in [4.78, 5) is 11.7. The van der Waals surface area contributed by atoms with Gasteiger partial charge in [-0.2, -0.15) is 0 Å². The number of carbonyl (C=O) groups excluding carboxylic acids is 1. The molecule has 0 spiro atoms. The number of halogens is 1. The Kier molecular flexibility index (Phi) is 1.88. The number of alkyl halides is 1. The fraction of sp³-hybridized carbons (Fsp3) is 0.900. The molecule has 1 N–H and O–H groups in total. The van der Waals surface area contributed by atoms with Gasteiger partial charge in [0, 0.05) is 10.9 Å². The van der Waals surface area contributed by atoms with Crippen molar-refractivity contribution in [3.05, 3.63) is 0 Å². The molecule has 0 saturated heterocycles. The third-order valence-electron chi connectivity index (χ3n) is 3.44. The van der Waals surface area contributed by atoms with Crippen LogP contribution < -0.4 is 5.32 Å². The highest BCUT2D eigenvalue weighted by molar-refractivity contribution is 6.27. The molecule has 0 aromatic carbocycles. The van der Waals surface area contributed by atoms with Gasteiger partial charge in [0.15, 0.2) is 0 Å². The molecular formula is C10H16ClNO.